The standard InChI is InChI=1S/C39H53Cl2N5O4S/c1-10-50-33-25-34(37(2,3)4)42-26-32(33)35-43-38(5,27-11-15-29(40)16-12-27)39(6,28-13-17-30(41)18-14-28)46(35)36(47)45-21-19-31(20-22-45)44(7)23-24-51(9,48)49-8/h11-18,25-26,31,48H,10,19-24H2,1-9H3/t38-,39+/m0/s1. The fourth-order valence-corrected chi connectivity index (χ4v) is 8.12. The van der Waals surface area contributed by atoms with Crippen molar-refractivity contribution >= 4 is 45.7 Å². The second kappa shape index (κ2) is 15.2. The molecule has 5 rings (SSSR count). The zero-order chi connectivity index (χ0) is 37.4. The van der Waals surface area contributed by atoms with E-state index in [1.54, 1.807) is 19.6 Å². The normalized spacial score (nSPS) is 23.3. The summed E-state index contributed by atoms with van der Waals surface area (Å²) < 4.78 is 22.1. The molecule has 1 unspecified atom stereocenters. The minimum absolute atomic E-state index is 0.140. The van der Waals surface area contributed by atoms with Gasteiger partial charge in [0.05, 0.1) is 25.0 Å². The summed E-state index contributed by atoms with van der Waals surface area (Å²) in [5, 5.41) is 1.22. The molecule has 3 aromatic rings. The number of aliphatic imine (C=N–C) groups is 1. The maximum absolute atomic E-state index is 15.3. The number of carbonyl (C=O) groups excluding carboxylic acids is 1. The Hall–Kier alpha value is -2.86. The number of pyridine rings is 1. The van der Waals surface area contributed by atoms with Gasteiger partial charge < -0.3 is 14.5 Å². The molecule has 12 heteroatoms. The quantitative estimate of drug-likeness (QED) is 0.222. The molecular weight excluding hydrogens is 705 g/mol. The molecule has 2 amide bonds. The van der Waals surface area contributed by atoms with Crippen molar-refractivity contribution in [2.45, 2.75) is 76.9 Å². The van der Waals surface area contributed by atoms with Crippen LogP contribution in [0, 0.1) is 0 Å². The van der Waals surface area contributed by atoms with E-state index < -0.39 is 21.7 Å². The highest BCUT2D eigenvalue weighted by molar-refractivity contribution is 8.24. The molecule has 2 aliphatic rings. The molecular formula is C39H53Cl2N5O4S. The van der Waals surface area contributed by atoms with Gasteiger partial charge in [-0.2, -0.15) is 10.6 Å². The number of benzene rings is 2. The molecule has 3 heterocycles. The van der Waals surface area contributed by atoms with Gasteiger partial charge in [-0.15, -0.1) is 0 Å². The lowest BCUT2D eigenvalue weighted by molar-refractivity contribution is 0.0884. The first-order chi connectivity index (χ1) is 23.9. The monoisotopic (exact) mass is 757 g/mol. The first-order valence-corrected chi connectivity index (χ1v) is 20.4. The van der Waals surface area contributed by atoms with Crippen molar-refractivity contribution in [2.75, 3.05) is 52.4 Å². The van der Waals surface area contributed by atoms with Crippen LogP contribution >= 0.6 is 33.8 Å². The molecule has 2 aliphatic heterocycles. The van der Waals surface area contributed by atoms with E-state index in [4.69, 9.17) is 42.1 Å². The third-order valence-corrected chi connectivity index (χ3v) is 12.8. The highest BCUT2D eigenvalue weighted by Gasteiger charge is 2.60. The van der Waals surface area contributed by atoms with Gasteiger partial charge in [0.15, 0.2) is 0 Å². The van der Waals surface area contributed by atoms with E-state index in [1.165, 1.54) is 0 Å². The molecule has 1 saturated heterocycles. The van der Waals surface area contributed by atoms with Crippen molar-refractivity contribution in [3.8, 4) is 5.75 Å². The van der Waals surface area contributed by atoms with Gasteiger partial charge >= 0.3 is 6.03 Å². The lowest BCUT2D eigenvalue weighted by Crippen LogP contribution is -2.59. The maximum atomic E-state index is 15.3. The van der Waals surface area contributed by atoms with Crippen LogP contribution in [-0.4, -0.2) is 94.6 Å². The summed E-state index contributed by atoms with van der Waals surface area (Å²) in [6.45, 7) is 14.7. The minimum atomic E-state index is -2.08. The Morgan fingerprint density at radius 3 is 2.14 bits per heavy atom. The average molecular weight is 759 g/mol. The van der Waals surface area contributed by atoms with Crippen LogP contribution in [0.1, 0.15) is 76.8 Å². The molecule has 3 atom stereocenters. The van der Waals surface area contributed by atoms with E-state index in [-0.39, 0.29) is 17.5 Å². The van der Waals surface area contributed by atoms with Crippen LogP contribution in [0.5, 0.6) is 5.75 Å². The third-order valence-electron chi connectivity index (χ3n) is 10.7. The molecule has 1 aromatic heterocycles. The molecule has 0 spiro atoms. The largest absolute Gasteiger partial charge is 0.493 e. The van der Waals surface area contributed by atoms with Crippen LogP contribution in [0.3, 0.4) is 0 Å². The van der Waals surface area contributed by atoms with Crippen molar-refractivity contribution in [2.24, 2.45) is 4.99 Å². The van der Waals surface area contributed by atoms with Gasteiger partial charge in [0.1, 0.15) is 22.7 Å². The molecule has 1 N–H and O–H groups in total. The van der Waals surface area contributed by atoms with Crippen molar-refractivity contribution in [1.82, 2.24) is 19.7 Å². The number of urea groups is 1. The number of likely N-dealkylation sites (tertiary alicyclic amines) is 1. The second-order valence-corrected chi connectivity index (χ2v) is 18.5. The number of aromatic nitrogens is 1. The number of halogens is 2. The van der Waals surface area contributed by atoms with Crippen LogP contribution in [0.2, 0.25) is 10.0 Å². The Kier molecular flexibility index (Phi) is 11.8. The number of amides is 2. The van der Waals surface area contributed by atoms with Gasteiger partial charge in [0.2, 0.25) is 0 Å². The summed E-state index contributed by atoms with van der Waals surface area (Å²) in [4.78, 5) is 31.8. The molecule has 9 nitrogen and oxygen atoms in total. The Bertz CT molecular complexity index is 1720. The molecule has 278 valence electrons. The van der Waals surface area contributed by atoms with E-state index in [0.717, 1.165) is 29.7 Å². The minimum Gasteiger partial charge on any atom is -0.493 e. The molecule has 2 aromatic carbocycles. The van der Waals surface area contributed by atoms with Crippen LogP contribution in [0.4, 0.5) is 4.79 Å². The first kappa shape index (κ1) is 39.3. The number of rotatable bonds is 10. The average Bonchev–Trinajstić information content (AvgIpc) is 3.34. The number of hydrogen-bond acceptors (Lipinski definition) is 7. The van der Waals surface area contributed by atoms with E-state index >= 15 is 4.79 Å². The van der Waals surface area contributed by atoms with Gasteiger partial charge in [-0.1, -0.05) is 68.2 Å². The Balaban J connectivity index is 1.62. The lowest BCUT2D eigenvalue weighted by atomic mass is 9.71. The SMILES string of the molecule is CCOc1cc(C(C)(C)C)ncc1C1=N[C@@](C)(c2ccc(Cl)cc2)[C@@](C)(c2ccc(Cl)cc2)N1C(=O)N1CCC(N(C)CCS(C)(O)OC)CC1. The number of nitrogens with zero attached hydrogens (tertiary/aromatic N) is 5. The van der Waals surface area contributed by atoms with Crippen molar-refractivity contribution in [1.29, 1.82) is 0 Å². The fraction of sp³-hybridized carbons (Fsp3) is 0.513. The summed E-state index contributed by atoms with van der Waals surface area (Å²) in [5.41, 5.74) is 1.14. The summed E-state index contributed by atoms with van der Waals surface area (Å²) >= 11 is 12.8. The second-order valence-electron chi connectivity index (χ2n) is 15.0. The van der Waals surface area contributed by atoms with E-state index in [2.05, 4.69) is 46.6 Å². The maximum Gasteiger partial charge on any atom is 0.326 e. The summed E-state index contributed by atoms with van der Waals surface area (Å²) in [6, 6.07) is 17.5. The van der Waals surface area contributed by atoms with E-state index in [1.807, 2.05) is 71.3 Å². The van der Waals surface area contributed by atoms with Crippen molar-refractivity contribution < 1.29 is 18.3 Å². The van der Waals surface area contributed by atoms with E-state index in [0.29, 0.717) is 59.2 Å². The van der Waals surface area contributed by atoms with Crippen molar-refractivity contribution in [3.05, 3.63) is 93.2 Å². The van der Waals surface area contributed by atoms with Crippen LogP contribution in [0.25, 0.3) is 0 Å². The van der Waals surface area contributed by atoms with Gasteiger partial charge in [-0.3, -0.25) is 23.6 Å². The molecule has 0 aliphatic carbocycles. The van der Waals surface area contributed by atoms with Gasteiger partial charge in [-0.25, -0.2) is 4.79 Å². The van der Waals surface area contributed by atoms with Crippen molar-refractivity contribution in [3.63, 3.8) is 0 Å². The Labute approximate surface area is 315 Å². The predicted molar refractivity (Wildman–Crippen MR) is 211 cm³/mol. The smallest absolute Gasteiger partial charge is 0.326 e. The zero-order valence-electron chi connectivity index (χ0n) is 31.4. The van der Waals surface area contributed by atoms with Crippen LogP contribution in [-0.2, 0) is 20.7 Å². The molecule has 0 saturated carbocycles. The number of ether oxygens (including phenoxy) is 1. The van der Waals surface area contributed by atoms with Gasteiger partial charge in [0.25, 0.3) is 0 Å². The lowest BCUT2D eigenvalue weighted by Gasteiger charge is -2.47. The molecule has 0 bridgehead atoms. The van der Waals surface area contributed by atoms with Crippen LogP contribution in [0.15, 0.2) is 65.8 Å². The highest BCUT2D eigenvalue weighted by atomic mass is 35.5. The Morgan fingerprint density at radius 1 is 1.04 bits per heavy atom. The van der Waals surface area contributed by atoms with Crippen LogP contribution < -0.4 is 4.74 Å². The summed E-state index contributed by atoms with van der Waals surface area (Å²) in [6.07, 6.45) is 5.16. The third kappa shape index (κ3) is 7.92. The zero-order valence-corrected chi connectivity index (χ0v) is 33.7. The number of carbonyl (C=O) groups is 1. The number of hydrogen-bond donors (Lipinski definition) is 1. The molecule has 0 radical (unpaired) electrons. The topological polar surface area (TPSA) is 90.7 Å². The fourth-order valence-electron chi connectivity index (χ4n) is 7.08. The van der Waals surface area contributed by atoms with Gasteiger partial charge in [-0.05, 0) is 76.1 Å². The number of amidine groups is 1. The summed E-state index contributed by atoms with van der Waals surface area (Å²) in [7, 11) is 1.56. The highest BCUT2D eigenvalue weighted by Crippen LogP contribution is 2.54. The first-order valence-electron chi connectivity index (χ1n) is 17.5. The summed E-state index contributed by atoms with van der Waals surface area (Å²) in [5.74, 6) is 1.69. The van der Waals surface area contributed by atoms with E-state index in [9.17, 15) is 4.55 Å². The molecule has 51 heavy (non-hydrogen) atoms. The molecule has 1 fully saturated rings. The number of piperidine rings is 1. The predicted octanol–water partition coefficient (Wildman–Crippen LogP) is 8.96. The Morgan fingerprint density at radius 2 is 1.61 bits per heavy atom. The van der Waals surface area contributed by atoms with Gasteiger partial charge in [0, 0.05) is 65.3 Å².